The van der Waals surface area contributed by atoms with Gasteiger partial charge in [0.15, 0.2) is 0 Å². The Morgan fingerprint density at radius 2 is 2.28 bits per heavy atom. The van der Waals surface area contributed by atoms with Crippen LogP contribution in [0.25, 0.3) is 0 Å². The summed E-state index contributed by atoms with van der Waals surface area (Å²) >= 11 is 0. The Kier molecular flexibility index (Phi) is 4.61. The number of nitro benzene ring substituents is 1. The zero-order valence-electron chi connectivity index (χ0n) is 9.92. The summed E-state index contributed by atoms with van der Waals surface area (Å²) in [5.74, 6) is -0.717. The number of aromatic hydroxyl groups is 1. The van der Waals surface area contributed by atoms with Crippen LogP contribution >= 0.6 is 0 Å². The molecule has 0 aromatic heterocycles. The van der Waals surface area contributed by atoms with Crippen LogP contribution in [-0.4, -0.2) is 22.0 Å². The van der Waals surface area contributed by atoms with Gasteiger partial charge in [0.25, 0.3) is 5.69 Å². The average molecular weight is 253 g/mol. The molecule has 1 aromatic rings. The van der Waals surface area contributed by atoms with Crippen LogP contribution in [0.15, 0.2) is 18.2 Å². The number of amides is 1. The highest BCUT2D eigenvalue weighted by atomic mass is 16.6. The van der Waals surface area contributed by atoms with Gasteiger partial charge in [-0.2, -0.15) is 0 Å². The Morgan fingerprint density at radius 3 is 2.83 bits per heavy atom. The van der Waals surface area contributed by atoms with E-state index in [9.17, 15) is 20.0 Å². The van der Waals surface area contributed by atoms with E-state index < -0.39 is 16.9 Å². The largest absolute Gasteiger partial charge is 0.506 e. The Morgan fingerprint density at radius 1 is 1.61 bits per heavy atom. The van der Waals surface area contributed by atoms with E-state index in [1.807, 2.05) is 6.92 Å². The van der Waals surface area contributed by atoms with Gasteiger partial charge in [0, 0.05) is 12.1 Å². The van der Waals surface area contributed by atoms with Crippen molar-refractivity contribution in [3.05, 3.63) is 28.3 Å². The molecule has 1 aromatic carbocycles. The number of nitrogens with two attached hydrogens (primary N) is 1. The fourth-order valence-corrected chi connectivity index (χ4v) is 1.41. The van der Waals surface area contributed by atoms with Crippen LogP contribution in [-0.2, 0) is 4.79 Å². The number of hydrogen-bond acceptors (Lipinski definition) is 5. The minimum absolute atomic E-state index is 0.0132. The number of hydrogen-bond donors (Lipinski definition) is 3. The van der Waals surface area contributed by atoms with Crippen LogP contribution < -0.4 is 11.1 Å². The molecule has 0 heterocycles. The molecule has 0 radical (unpaired) electrons. The van der Waals surface area contributed by atoms with E-state index in [-0.39, 0.29) is 17.1 Å². The lowest BCUT2D eigenvalue weighted by Gasteiger charge is -2.11. The highest BCUT2D eigenvalue weighted by Crippen LogP contribution is 2.27. The van der Waals surface area contributed by atoms with E-state index in [4.69, 9.17) is 5.73 Å². The van der Waals surface area contributed by atoms with Gasteiger partial charge in [-0.3, -0.25) is 14.9 Å². The lowest BCUT2D eigenvalue weighted by atomic mass is 10.1. The van der Waals surface area contributed by atoms with Crippen LogP contribution in [0.1, 0.15) is 19.8 Å². The molecule has 98 valence electrons. The number of phenolic OH excluding ortho intramolecular Hbond substituents is 1. The third kappa shape index (κ3) is 3.42. The Balaban J connectivity index is 2.86. The molecule has 4 N–H and O–H groups in total. The van der Waals surface area contributed by atoms with Crippen molar-refractivity contribution in [3.63, 3.8) is 0 Å². The van der Waals surface area contributed by atoms with E-state index in [1.54, 1.807) is 0 Å². The molecule has 18 heavy (non-hydrogen) atoms. The first-order chi connectivity index (χ1) is 8.45. The predicted octanol–water partition coefficient (Wildman–Crippen LogP) is 1.37. The molecular formula is C11H15N3O4. The van der Waals surface area contributed by atoms with Crippen molar-refractivity contribution >= 4 is 17.3 Å². The minimum Gasteiger partial charge on any atom is -0.506 e. The van der Waals surface area contributed by atoms with Gasteiger partial charge in [0.1, 0.15) is 5.75 Å². The van der Waals surface area contributed by atoms with E-state index in [1.165, 1.54) is 0 Å². The molecule has 7 nitrogen and oxygen atoms in total. The number of benzene rings is 1. The molecule has 0 saturated heterocycles. The van der Waals surface area contributed by atoms with Gasteiger partial charge in [0.2, 0.25) is 5.91 Å². The predicted molar refractivity (Wildman–Crippen MR) is 66.3 cm³/mol. The summed E-state index contributed by atoms with van der Waals surface area (Å²) in [6.07, 6.45) is 1.25. The summed E-state index contributed by atoms with van der Waals surface area (Å²) < 4.78 is 0. The van der Waals surface area contributed by atoms with Crippen molar-refractivity contribution in [1.29, 1.82) is 0 Å². The van der Waals surface area contributed by atoms with Gasteiger partial charge >= 0.3 is 0 Å². The van der Waals surface area contributed by atoms with E-state index >= 15 is 0 Å². The molecule has 1 atom stereocenters. The third-order valence-corrected chi connectivity index (χ3v) is 2.39. The van der Waals surface area contributed by atoms with Crippen molar-refractivity contribution in [2.75, 3.05) is 5.32 Å². The Bertz CT molecular complexity index is 462. The molecular weight excluding hydrogens is 238 g/mol. The van der Waals surface area contributed by atoms with Crippen molar-refractivity contribution in [2.24, 2.45) is 5.73 Å². The summed E-state index contributed by atoms with van der Waals surface area (Å²) in [5.41, 5.74) is 5.37. The molecule has 0 unspecified atom stereocenters. The number of carbonyl (C=O) groups is 1. The summed E-state index contributed by atoms with van der Waals surface area (Å²) in [4.78, 5) is 21.6. The molecule has 0 aliphatic heterocycles. The van der Waals surface area contributed by atoms with Crippen LogP contribution in [0.3, 0.4) is 0 Å². The fourth-order valence-electron chi connectivity index (χ4n) is 1.41. The van der Waals surface area contributed by atoms with Crippen molar-refractivity contribution in [3.8, 4) is 5.75 Å². The monoisotopic (exact) mass is 253 g/mol. The summed E-state index contributed by atoms with van der Waals surface area (Å²) in [5, 5.41) is 22.4. The Hall–Kier alpha value is -2.15. The Labute approximate surface area is 104 Å². The quantitative estimate of drug-likeness (QED) is 0.416. The maximum atomic E-state index is 11.6. The molecule has 0 bridgehead atoms. The van der Waals surface area contributed by atoms with Crippen molar-refractivity contribution in [2.45, 2.75) is 25.8 Å². The molecule has 0 aliphatic carbocycles. The second-order valence-corrected chi connectivity index (χ2v) is 3.84. The average Bonchev–Trinajstić information content (AvgIpc) is 2.31. The molecule has 1 rings (SSSR count). The standard InChI is InChI=1S/C11H15N3O4/c1-2-3-8(12)11(16)13-9-6-7(14(17)18)4-5-10(9)15/h4-6,8,15H,2-3,12H2,1H3,(H,13,16)/t8-/m0/s1. The number of rotatable bonds is 5. The fraction of sp³-hybridized carbons (Fsp3) is 0.364. The molecule has 1 amide bonds. The molecule has 0 fully saturated rings. The second-order valence-electron chi connectivity index (χ2n) is 3.84. The number of nitrogens with one attached hydrogen (secondary N) is 1. The summed E-state index contributed by atoms with van der Waals surface area (Å²) in [6.45, 7) is 1.89. The van der Waals surface area contributed by atoms with Gasteiger partial charge in [-0.25, -0.2) is 0 Å². The minimum atomic E-state index is -0.700. The van der Waals surface area contributed by atoms with E-state index in [0.29, 0.717) is 6.42 Å². The number of carbonyl (C=O) groups excluding carboxylic acids is 1. The van der Waals surface area contributed by atoms with Crippen LogP contribution in [0.5, 0.6) is 5.75 Å². The maximum Gasteiger partial charge on any atom is 0.271 e. The highest BCUT2D eigenvalue weighted by molar-refractivity contribution is 5.96. The highest BCUT2D eigenvalue weighted by Gasteiger charge is 2.16. The molecule has 0 aliphatic rings. The van der Waals surface area contributed by atoms with Crippen molar-refractivity contribution < 1.29 is 14.8 Å². The van der Waals surface area contributed by atoms with E-state index in [0.717, 1.165) is 24.6 Å². The summed E-state index contributed by atoms with van der Waals surface area (Å²) in [7, 11) is 0. The number of phenols is 1. The molecule has 0 saturated carbocycles. The number of nitro groups is 1. The van der Waals surface area contributed by atoms with Crippen molar-refractivity contribution in [1.82, 2.24) is 0 Å². The number of nitrogens with zero attached hydrogens (tertiary/aromatic N) is 1. The smallest absolute Gasteiger partial charge is 0.271 e. The van der Waals surface area contributed by atoms with Gasteiger partial charge < -0.3 is 16.2 Å². The van der Waals surface area contributed by atoms with E-state index in [2.05, 4.69) is 5.32 Å². The van der Waals surface area contributed by atoms with Crippen LogP contribution in [0.2, 0.25) is 0 Å². The topological polar surface area (TPSA) is 118 Å². The first kappa shape index (κ1) is 13.9. The first-order valence-corrected chi connectivity index (χ1v) is 5.49. The second kappa shape index (κ2) is 5.97. The normalized spacial score (nSPS) is 11.9. The van der Waals surface area contributed by atoms with Gasteiger partial charge in [-0.05, 0) is 12.5 Å². The lowest BCUT2D eigenvalue weighted by Crippen LogP contribution is -2.35. The zero-order chi connectivity index (χ0) is 13.7. The lowest BCUT2D eigenvalue weighted by molar-refractivity contribution is -0.384. The maximum absolute atomic E-state index is 11.6. The van der Waals surface area contributed by atoms with Gasteiger partial charge in [0.05, 0.1) is 16.7 Å². The number of anilines is 1. The van der Waals surface area contributed by atoms with Crippen LogP contribution in [0, 0.1) is 10.1 Å². The molecule has 7 heteroatoms. The SMILES string of the molecule is CCC[C@H](N)C(=O)Nc1cc([N+](=O)[O-])ccc1O. The van der Waals surface area contributed by atoms with Gasteiger partial charge in [-0.15, -0.1) is 0 Å². The van der Waals surface area contributed by atoms with Crippen LogP contribution in [0.4, 0.5) is 11.4 Å². The molecule has 0 spiro atoms. The third-order valence-electron chi connectivity index (χ3n) is 2.39. The van der Waals surface area contributed by atoms with Gasteiger partial charge in [-0.1, -0.05) is 13.3 Å². The first-order valence-electron chi connectivity index (χ1n) is 5.49. The number of non-ortho nitro benzene ring substituents is 1. The zero-order valence-corrected chi connectivity index (χ0v) is 9.92. The summed E-state index contributed by atoms with van der Waals surface area (Å²) in [6, 6.07) is 2.69.